The van der Waals surface area contributed by atoms with Crippen LogP contribution in [-0.2, 0) is 14.3 Å². The third kappa shape index (κ3) is 5.82. The second-order valence-electron chi connectivity index (χ2n) is 5.12. The van der Waals surface area contributed by atoms with Crippen LogP contribution in [0.3, 0.4) is 0 Å². The van der Waals surface area contributed by atoms with Gasteiger partial charge in [-0.2, -0.15) is 0 Å². The minimum atomic E-state index is -0.652. The van der Waals surface area contributed by atoms with Crippen molar-refractivity contribution in [2.45, 2.75) is 0 Å². The molecule has 2 rings (SSSR count). The molecule has 0 aromatic heterocycles. The van der Waals surface area contributed by atoms with E-state index in [1.165, 1.54) is 20.3 Å². The Kier molecular flexibility index (Phi) is 7.05. The van der Waals surface area contributed by atoms with Crippen LogP contribution in [0.1, 0.15) is 5.56 Å². The van der Waals surface area contributed by atoms with E-state index in [0.29, 0.717) is 27.8 Å². The lowest BCUT2D eigenvalue weighted by Crippen LogP contribution is -2.20. The number of carbonyl (C=O) groups excluding carboxylic acids is 2. The molecular formula is C19H18ClNO5. The molecule has 2 aromatic carbocycles. The van der Waals surface area contributed by atoms with Crippen molar-refractivity contribution in [1.82, 2.24) is 0 Å². The average Bonchev–Trinajstić information content (AvgIpc) is 2.66. The number of hydrogen-bond acceptors (Lipinski definition) is 5. The van der Waals surface area contributed by atoms with Gasteiger partial charge < -0.3 is 19.5 Å². The van der Waals surface area contributed by atoms with Gasteiger partial charge in [0.1, 0.15) is 11.5 Å². The highest BCUT2D eigenvalue weighted by atomic mass is 35.5. The smallest absolute Gasteiger partial charge is 0.331 e. The summed E-state index contributed by atoms with van der Waals surface area (Å²) in [4.78, 5) is 23.6. The summed E-state index contributed by atoms with van der Waals surface area (Å²) in [5.41, 5.74) is 1.15. The molecule has 1 amide bonds. The number of esters is 1. The van der Waals surface area contributed by atoms with Crippen LogP contribution in [-0.4, -0.2) is 32.7 Å². The van der Waals surface area contributed by atoms with E-state index in [0.717, 1.165) is 0 Å². The Labute approximate surface area is 156 Å². The van der Waals surface area contributed by atoms with Gasteiger partial charge >= 0.3 is 5.97 Å². The molecule has 1 N–H and O–H groups in total. The number of methoxy groups -OCH3 is 2. The Hall–Kier alpha value is -2.99. The van der Waals surface area contributed by atoms with Gasteiger partial charge in [-0.1, -0.05) is 23.7 Å². The molecular weight excluding hydrogens is 358 g/mol. The van der Waals surface area contributed by atoms with Crippen LogP contribution >= 0.6 is 11.6 Å². The van der Waals surface area contributed by atoms with E-state index in [2.05, 4.69) is 5.32 Å². The second-order valence-corrected chi connectivity index (χ2v) is 5.52. The van der Waals surface area contributed by atoms with Crippen LogP contribution in [0.5, 0.6) is 11.5 Å². The summed E-state index contributed by atoms with van der Waals surface area (Å²) in [6, 6.07) is 12.0. The summed E-state index contributed by atoms with van der Waals surface area (Å²) in [6.07, 6.45) is 2.76. The number of ether oxygens (including phenoxy) is 3. The second kappa shape index (κ2) is 9.48. The average molecular weight is 376 g/mol. The molecule has 0 spiro atoms. The molecule has 0 aliphatic heterocycles. The van der Waals surface area contributed by atoms with Crippen LogP contribution in [0.15, 0.2) is 48.5 Å². The third-order valence-electron chi connectivity index (χ3n) is 3.28. The number of amides is 1. The topological polar surface area (TPSA) is 73.9 Å². The SMILES string of the molecule is COc1cc(/C=C/C(=O)OCC(=O)Nc2ccccc2Cl)cc(OC)c1. The van der Waals surface area contributed by atoms with Gasteiger partial charge in [0.25, 0.3) is 5.91 Å². The molecule has 0 fully saturated rings. The third-order valence-corrected chi connectivity index (χ3v) is 3.61. The van der Waals surface area contributed by atoms with E-state index in [-0.39, 0.29) is 0 Å². The van der Waals surface area contributed by atoms with Gasteiger partial charge in [-0.05, 0) is 35.9 Å². The van der Waals surface area contributed by atoms with Crippen LogP contribution in [0.2, 0.25) is 5.02 Å². The molecule has 0 heterocycles. The minimum absolute atomic E-state index is 0.402. The van der Waals surface area contributed by atoms with E-state index >= 15 is 0 Å². The summed E-state index contributed by atoms with van der Waals surface area (Å²) < 4.78 is 15.2. The molecule has 0 saturated carbocycles. The predicted molar refractivity (Wildman–Crippen MR) is 99.6 cm³/mol. The Morgan fingerprint density at radius 3 is 2.35 bits per heavy atom. The summed E-state index contributed by atoms with van der Waals surface area (Å²) in [5, 5.41) is 2.97. The summed E-state index contributed by atoms with van der Waals surface area (Å²) >= 11 is 5.94. The Morgan fingerprint density at radius 1 is 1.08 bits per heavy atom. The first-order chi connectivity index (χ1) is 12.5. The molecule has 0 aliphatic carbocycles. The summed E-state index contributed by atoms with van der Waals surface area (Å²) in [7, 11) is 3.07. The molecule has 0 saturated heterocycles. The van der Waals surface area contributed by atoms with Gasteiger partial charge in [-0.25, -0.2) is 4.79 Å². The van der Waals surface area contributed by atoms with Crippen molar-refractivity contribution < 1.29 is 23.8 Å². The molecule has 136 valence electrons. The Bertz CT molecular complexity index is 797. The van der Waals surface area contributed by atoms with Gasteiger partial charge in [-0.3, -0.25) is 4.79 Å². The van der Waals surface area contributed by atoms with Gasteiger partial charge in [0.2, 0.25) is 0 Å². The van der Waals surface area contributed by atoms with E-state index in [1.807, 2.05) is 0 Å². The first-order valence-corrected chi connectivity index (χ1v) is 8.02. The lowest BCUT2D eigenvalue weighted by atomic mass is 10.2. The minimum Gasteiger partial charge on any atom is -0.497 e. The van der Waals surface area contributed by atoms with Crippen molar-refractivity contribution in [3.8, 4) is 11.5 Å². The highest BCUT2D eigenvalue weighted by molar-refractivity contribution is 6.33. The first-order valence-electron chi connectivity index (χ1n) is 7.64. The van der Waals surface area contributed by atoms with Gasteiger partial charge in [-0.15, -0.1) is 0 Å². The van der Waals surface area contributed by atoms with Crippen LogP contribution in [0, 0.1) is 0 Å². The van der Waals surface area contributed by atoms with Crippen LogP contribution in [0.25, 0.3) is 6.08 Å². The monoisotopic (exact) mass is 375 g/mol. The van der Waals surface area contributed by atoms with Gasteiger partial charge in [0, 0.05) is 12.1 Å². The molecule has 0 aliphatic rings. The lowest BCUT2D eigenvalue weighted by Gasteiger charge is -2.07. The molecule has 0 unspecified atom stereocenters. The predicted octanol–water partition coefficient (Wildman–Crippen LogP) is 3.55. The zero-order valence-electron chi connectivity index (χ0n) is 14.3. The highest BCUT2D eigenvalue weighted by Gasteiger charge is 2.08. The quantitative estimate of drug-likeness (QED) is 0.591. The normalized spacial score (nSPS) is 10.4. The maximum Gasteiger partial charge on any atom is 0.331 e. The van der Waals surface area contributed by atoms with Crippen LogP contribution in [0.4, 0.5) is 5.69 Å². The molecule has 6 nitrogen and oxygen atoms in total. The number of nitrogens with one attached hydrogen (secondary N) is 1. The van der Waals surface area contributed by atoms with E-state index in [1.54, 1.807) is 48.5 Å². The van der Waals surface area contributed by atoms with Crippen molar-refractivity contribution in [1.29, 1.82) is 0 Å². The molecule has 0 radical (unpaired) electrons. The van der Waals surface area contributed by atoms with E-state index in [9.17, 15) is 9.59 Å². The largest absolute Gasteiger partial charge is 0.497 e. The van der Waals surface area contributed by atoms with E-state index in [4.69, 9.17) is 25.8 Å². The fourth-order valence-corrected chi connectivity index (χ4v) is 2.21. The van der Waals surface area contributed by atoms with Crippen molar-refractivity contribution in [3.63, 3.8) is 0 Å². The number of halogens is 1. The number of benzene rings is 2. The van der Waals surface area contributed by atoms with Gasteiger partial charge in [0.05, 0.1) is 24.9 Å². The number of anilines is 1. The fraction of sp³-hybridized carbons (Fsp3) is 0.158. The molecule has 7 heteroatoms. The first kappa shape index (κ1) is 19.3. The number of rotatable bonds is 7. The fourth-order valence-electron chi connectivity index (χ4n) is 2.02. The highest BCUT2D eigenvalue weighted by Crippen LogP contribution is 2.23. The van der Waals surface area contributed by atoms with Crippen molar-refractivity contribution in [3.05, 3.63) is 59.1 Å². The molecule has 26 heavy (non-hydrogen) atoms. The summed E-state index contributed by atoms with van der Waals surface area (Å²) in [5.74, 6) is 0.0527. The number of para-hydroxylation sites is 1. The standard InChI is InChI=1S/C19H18ClNO5/c1-24-14-9-13(10-15(11-14)25-2)7-8-19(23)26-12-18(22)21-17-6-4-3-5-16(17)20/h3-11H,12H2,1-2H3,(H,21,22)/b8-7+. The zero-order valence-corrected chi connectivity index (χ0v) is 15.1. The Morgan fingerprint density at radius 2 is 1.73 bits per heavy atom. The van der Waals surface area contributed by atoms with Crippen molar-refractivity contribution in [2.75, 3.05) is 26.1 Å². The Balaban J connectivity index is 1.89. The molecule has 0 atom stereocenters. The lowest BCUT2D eigenvalue weighted by molar-refractivity contribution is -0.142. The van der Waals surface area contributed by atoms with Crippen molar-refractivity contribution >= 4 is 35.2 Å². The zero-order chi connectivity index (χ0) is 18.9. The maximum atomic E-state index is 11.8. The maximum absolute atomic E-state index is 11.8. The number of carbonyl (C=O) groups is 2. The van der Waals surface area contributed by atoms with Gasteiger partial charge in [0.15, 0.2) is 6.61 Å². The molecule has 0 bridgehead atoms. The molecule has 2 aromatic rings. The van der Waals surface area contributed by atoms with Crippen molar-refractivity contribution in [2.24, 2.45) is 0 Å². The number of hydrogen-bond donors (Lipinski definition) is 1. The summed E-state index contributed by atoms with van der Waals surface area (Å²) in [6.45, 7) is -0.421. The van der Waals surface area contributed by atoms with E-state index < -0.39 is 18.5 Å². The van der Waals surface area contributed by atoms with Crippen LogP contribution < -0.4 is 14.8 Å².